The minimum atomic E-state index is -1.03. The Hall–Kier alpha value is -4.69. The van der Waals surface area contributed by atoms with Crippen LogP contribution in [0.1, 0.15) is 84.2 Å². The van der Waals surface area contributed by atoms with Crippen LogP contribution in [0.25, 0.3) is 33.5 Å². The predicted molar refractivity (Wildman–Crippen MR) is 183 cm³/mol. The van der Waals surface area contributed by atoms with Gasteiger partial charge < -0.3 is 19.7 Å². The largest absolute Gasteiger partial charge is 0.489 e. The fourth-order valence-electron chi connectivity index (χ4n) is 6.30. The zero-order valence-corrected chi connectivity index (χ0v) is 27.0. The Balaban J connectivity index is 1.30. The summed E-state index contributed by atoms with van der Waals surface area (Å²) in [5, 5.41) is 13.1. The molecular formula is C38H37ClFN3O4. The highest BCUT2D eigenvalue weighted by atomic mass is 35.5. The van der Waals surface area contributed by atoms with Crippen LogP contribution in [-0.2, 0) is 6.61 Å². The molecule has 1 aliphatic carbocycles. The van der Waals surface area contributed by atoms with Crippen LogP contribution in [0.4, 0.5) is 4.39 Å². The fraction of sp³-hybridized carbons (Fsp3) is 0.289. The molecule has 0 aliphatic heterocycles. The minimum absolute atomic E-state index is 0.103. The number of amides is 1. The maximum Gasteiger partial charge on any atom is 0.335 e. The zero-order valence-electron chi connectivity index (χ0n) is 26.3. The van der Waals surface area contributed by atoms with Gasteiger partial charge in [0.2, 0.25) is 0 Å². The Labute approximate surface area is 278 Å². The monoisotopic (exact) mass is 653 g/mol. The standard InChI is InChI=1S/C38H37ClFN3O4/c1-2-3-19-41-37(44)25-11-16-31(24-9-13-28(39)14-10-24)27(20-25)23-47-30-15-17-32(33(40)22-30)36-42-34-21-26(38(45)46)12-18-35(34)43(36)29-7-5-4-6-8-29/h9-18,20-22,29H,2-8,19,23H2,1H3,(H,41,44)(H,45,46). The number of hydrogen-bond acceptors (Lipinski definition) is 4. The summed E-state index contributed by atoms with van der Waals surface area (Å²) in [4.78, 5) is 29.3. The van der Waals surface area contributed by atoms with Gasteiger partial charge in [0.25, 0.3) is 5.91 Å². The summed E-state index contributed by atoms with van der Waals surface area (Å²) in [6, 6.07) is 22.7. The number of carbonyl (C=O) groups is 2. The van der Waals surface area contributed by atoms with Gasteiger partial charge in [0.15, 0.2) is 0 Å². The molecule has 6 rings (SSSR count). The first-order valence-electron chi connectivity index (χ1n) is 16.2. The number of hydrogen-bond donors (Lipinski definition) is 2. The first kappa shape index (κ1) is 32.3. The number of ether oxygens (including phenoxy) is 1. The molecule has 0 radical (unpaired) electrons. The number of aromatic carboxylic acids is 1. The smallest absolute Gasteiger partial charge is 0.335 e. The lowest BCUT2D eigenvalue weighted by Gasteiger charge is -2.25. The molecule has 242 valence electrons. The number of rotatable bonds is 11. The Morgan fingerprint density at radius 2 is 1.70 bits per heavy atom. The second kappa shape index (κ2) is 14.4. The molecular weight excluding hydrogens is 617 g/mol. The first-order chi connectivity index (χ1) is 22.8. The van der Waals surface area contributed by atoms with Gasteiger partial charge in [-0.15, -0.1) is 0 Å². The molecule has 0 bridgehead atoms. The van der Waals surface area contributed by atoms with Gasteiger partial charge in [-0.2, -0.15) is 0 Å². The molecule has 1 aromatic heterocycles. The van der Waals surface area contributed by atoms with Gasteiger partial charge in [-0.25, -0.2) is 14.2 Å². The highest BCUT2D eigenvalue weighted by Gasteiger charge is 2.25. The van der Waals surface area contributed by atoms with Gasteiger partial charge in [0, 0.05) is 29.2 Å². The van der Waals surface area contributed by atoms with Gasteiger partial charge in [-0.05, 0) is 90.6 Å². The number of benzene rings is 4. The van der Waals surface area contributed by atoms with Crippen LogP contribution < -0.4 is 10.1 Å². The second-order valence-corrected chi connectivity index (χ2v) is 12.5. The van der Waals surface area contributed by atoms with E-state index in [2.05, 4.69) is 16.8 Å². The van der Waals surface area contributed by atoms with Crippen LogP contribution in [0.2, 0.25) is 5.02 Å². The summed E-state index contributed by atoms with van der Waals surface area (Å²) in [5.74, 6) is -0.871. The van der Waals surface area contributed by atoms with E-state index < -0.39 is 11.8 Å². The molecule has 0 unspecified atom stereocenters. The molecule has 9 heteroatoms. The number of unbranched alkanes of at least 4 members (excludes halogenated alkanes) is 1. The number of aromatic nitrogens is 2. The van der Waals surface area contributed by atoms with Crippen molar-refractivity contribution in [2.75, 3.05) is 6.54 Å². The second-order valence-electron chi connectivity index (χ2n) is 12.0. The van der Waals surface area contributed by atoms with E-state index >= 15 is 4.39 Å². The van der Waals surface area contributed by atoms with Crippen molar-refractivity contribution in [2.24, 2.45) is 0 Å². The number of carbonyl (C=O) groups excluding carboxylic acids is 1. The molecule has 0 spiro atoms. The van der Waals surface area contributed by atoms with Gasteiger partial charge in [-0.3, -0.25) is 4.79 Å². The average Bonchev–Trinajstić information content (AvgIpc) is 3.46. The van der Waals surface area contributed by atoms with Crippen LogP contribution in [0.15, 0.2) is 78.9 Å². The third kappa shape index (κ3) is 7.18. The van der Waals surface area contributed by atoms with Gasteiger partial charge >= 0.3 is 5.97 Å². The summed E-state index contributed by atoms with van der Waals surface area (Å²) in [5.41, 5.74) is 4.87. The topological polar surface area (TPSA) is 93.4 Å². The summed E-state index contributed by atoms with van der Waals surface area (Å²) in [6.45, 7) is 2.77. The van der Waals surface area contributed by atoms with Crippen molar-refractivity contribution in [1.82, 2.24) is 14.9 Å². The maximum absolute atomic E-state index is 16.0. The van der Waals surface area contributed by atoms with Crippen molar-refractivity contribution < 1.29 is 23.8 Å². The number of nitrogens with one attached hydrogen (secondary N) is 1. The van der Waals surface area contributed by atoms with Crippen LogP contribution in [0.3, 0.4) is 0 Å². The van der Waals surface area contributed by atoms with E-state index in [1.165, 1.54) is 6.07 Å². The summed E-state index contributed by atoms with van der Waals surface area (Å²) < 4.78 is 24.2. The number of carboxylic acids is 1. The minimum Gasteiger partial charge on any atom is -0.489 e. The lowest BCUT2D eigenvalue weighted by molar-refractivity contribution is 0.0696. The van der Waals surface area contributed by atoms with E-state index in [0.717, 1.165) is 67.2 Å². The zero-order chi connectivity index (χ0) is 32.9. The molecule has 1 aliphatic rings. The molecule has 1 saturated carbocycles. The summed E-state index contributed by atoms with van der Waals surface area (Å²) in [7, 11) is 0. The predicted octanol–water partition coefficient (Wildman–Crippen LogP) is 9.48. The SMILES string of the molecule is CCCCNC(=O)c1ccc(-c2ccc(Cl)cc2)c(COc2ccc(-c3nc4cc(C(=O)O)ccc4n3C3CCCCC3)c(F)c2)c1. The molecule has 7 nitrogen and oxygen atoms in total. The molecule has 47 heavy (non-hydrogen) atoms. The molecule has 1 amide bonds. The van der Waals surface area contributed by atoms with Crippen molar-refractivity contribution in [2.45, 2.75) is 64.5 Å². The molecule has 5 aromatic rings. The molecule has 4 aromatic carbocycles. The van der Waals surface area contributed by atoms with Gasteiger partial charge in [0.05, 0.1) is 22.2 Å². The lowest BCUT2D eigenvalue weighted by atomic mass is 9.94. The molecule has 2 N–H and O–H groups in total. The van der Waals surface area contributed by atoms with Crippen molar-refractivity contribution >= 4 is 34.5 Å². The van der Waals surface area contributed by atoms with Gasteiger partial charge in [0.1, 0.15) is 24.0 Å². The molecule has 1 heterocycles. The fourth-order valence-corrected chi connectivity index (χ4v) is 6.43. The van der Waals surface area contributed by atoms with Crippen molar-refractivity contribution in [1.29, 1.82) is 0 Å². The van der Waals surface area contributed by atoms with E-state index in [1.54, 1.807) is 36.4 Å². The summed E-state index contributed by atoms with van der Waals surface area (Å²) >= 11 is 6.13. The van der Waals surface area contributed by atoms with Gasteiger partial charge in [-0.1, -0.05) is 62.4 Å². The summed E-state index contributed by atoms with van der Waals surface area (Å²) in [6.07, 6.45) is 7.09. The van der Waals surface area contributed by atoms with Crippen LogP contribution >= 0.6 is 11.6 Å². The van der Waals surface area contributed by atoms with E-state index in [4.69, 9.17) is 21.3 Å². The van der Waals surface area contributed by atoms with Crippen molar-refractivity contribution in [3.05, 3.63) is 106 Å². The van der Waals surface area contributed by atoms with Crippen LogP contribution in [-0.4, -0.2) is 33.1 Å². The van der Waals surface area contributed by atoms with Crippen molar-refractivity contribution in [3.63, 3.8) is 0 Å². The Bertz CT molecular complexity index is 1910. The maximum atomic E-state index is 16.0. The average molecular weight is 654 g/mol. The number of fused-ring (bicyclic) bond motifs is 1. The molecule has 1 fully saturated rings. The van der Waals surface area contributed by atoms with Crippen LogP contribution in [0, 0.1) is 5.82 Å². The molecule has 0 saturated heterocycles. The van der Waals surface area contributed by atoms with E-state index in [-0.39, 0.29) is 24.1 Å². The highest BCUT2D eigenvalue weighted by molar-refractivity contribution is 6.30. The van der Waals surface area contributed by atoms with Crippen LogP contribution in [0.5, 0.6) is 5.75 Å². The number of imidazole rings is 1. The molecule has 0 atom stereocenters. The third-order valence-corrected chi connectivity index (χ3v) is 9.04. The first-order valence-corrected chi connectivity index (χ1v) is 16.5. The quantitative estimate of drug-likeness (QED) is 0.139. The van der Waals surface area contributed by atoms with E-state index in [0.29, 0.717) is 39.8 Å². The Kier molecular flexibility index (Phi) is 9.87. The van der Waals surface area contributed by atoms with E-state index in [9.17, 15) is 14.7 Å². The Morgan fingerprint density at radius 1 is 0.957 bits per heavy atom. The Morgan fingerprint density at radius 3 is 2.43 bits per heavy atom. The lowest BCUT2D eigenvalue weighted by Crippen LogP contribution is -2.24. The third-order valence-electron chi connectivity index (χ3n) is 8.79. The van der Waals surface area contributed by atoms with E-state index in [1.807, 2.05) is 36.4 Å². The normalized spacial score (nSPS) is 13.5. The number of carboxylic acid groups (broad SMARTS) is 1. The van der Waals surface area contributed by atoms with Crippen molar-refractivity contribution in [3.8, 4) is 28.3 Å². The highest BCUT2D eigenvalue weighted by Crippen LogP contribution is 2.38. The number of halogens is 2. The number of nitrogens with zero attached hydrogens (tertiary/aromatic N) is 2.